The van der Waals surface area contributed by atoms with Gasteiger partial charge in [0.2, 0.25) is 0 Å². The van der Waals surface area contributed by atoms with E-state index in [1.807, 2.05) is 32.0 Å². The van der Waals surface area contributed by atoms with Crippen molar-refractivity contribution in [1.29, 1.82) is 0 Å². The van der Waals surface area contributed by atoms with Crippen LogP contribution in [0.15, 0.2) is 42.5 Å². The summed E-state index contributed by atoms with van der Waals surface area (Å²) in [5, 5.41) is 5.48. The highest BCUT2D eigenvalue weighted by Crippen LogP contribution is 2.16. The van der Waals surface area contributed by atoms with Gasteiger partial charge in [-0.15, -0.1) is 0 Å². The molecule has 0 unspecified atom stereocenters. The minimum atomic E-state index is -0.263. The van der Waals surface area contributed by atoms with E-state index in [9.17, 15) is 9.59 Å². The van der Waals surface area contributed by atoms with Gasteiger partial charge in [-0.3, -0.25) is 9.59 Å². The van der Waals surface area contributed by atoms with Crippen molar-refractivity contribution in [3.8, 4) is 5.75 Å². The summed E-state index contributed by atoms with van der Waals surface area (Å²) in [6, 6.07) is 12.5. The highest BCUT2D eigenvalue weighted by molar-refractivity contribution is 5.96. The van der Waals surface area contributed by atoms with E-state index in [1.54, 1.807) is 31.4 Å². The number of rotatable bonds is 8. The monoisotopic (exact) mass is 356 g/mol. The fourth-order valence-electron chi connectivity index (χ4n) is 2.44. The Morgan fingerprint density at radius 1 is 1.00 bits per heavy atom. The summed E-state index contributed by atoms with van der Waals surface area (Å²) in [5.74, 6) is 0.222. The first-order chi connectivity index (χ1) is 12.5. The molecule has 0 saturated carbocycles. The van der Waals surface area contributed by atoms with E-state index in [0.29, 0.717) is 30.2 Å². The standard InChI is InChI=1S/C20H24N2O4/c1-14-10-15(2)12-18(11-14)26-13-19(23)22-17-6-4-16(5-7-17)20(24)21-8-9-25-3/h4-7,10-12H,8-9,13H2,1-3H3,(H,21,24)(H,22,23). The van der Waals surface area contributed by atoms with Crippen LogP contribution in [0.3, 0.4) is 0 Å². The number of amides is 2. The second-order valence-electron chi connectivity index (χ2n) is 5.99. The maximum atomic E-state index is 12.0. The molecule has 0 atom stereocenters. The third kappa shape index (κ3) is 6.22. The normalized spacial score (nSPS) is 10.3. The number of nitrogens with one attached hydrogen (secondary N) is 2. The number of anilines is 1. The number of carbonyl (C=O) groups excluding carboxylic acids is 2. The molecule has 0 radical (unpaired) electrons. The van der Waals surface area contributed by atoms with Crippen LogP contribution in [0.4, 0.5) is 5.69 Å². The molecule has 2 amide bonds. The molecule has 138 valence electrons. The molecule has 0 saturated heterocycles. The molecular weight excluding hydrogens is 332 g/mol. The quantitative estimate of drug-likeness (QED) is 0.713. The lowest BCUT2D eigenvalue weighted by Crippen LogP contribution is -2.26. The number of aryl methyl sites for hydroxylation is 2. The van der Waals surface area contributed by atoms with Gasteiger partial charge in [0, 0.05) is 24.9 Å². The van der Waals surface area contributed by atoms with Crippen molar-refractivity contribution in [2.45, 2.75) is 13.8 Å². The van der Waals surface area contributed by atoms with Crippen LogP contribution >= 0.6 is 0 Å². The number of methoxy groups -OCH3 is 1. The van der Waals surface area contributed by atoms with Crippen LogP contribution in [0.2, 0.25) is 0 Å². The molecule has 0 aliphatic heterocycles. The average molecular weight is 356 g/mol. The number of hydrogen-bond donors (Lipinski definition) is 2. The van der Waals surface area contributed by atoms with Crippen molar-refractivity contribution < 1.29 is 19.1 Å². The molecule has 2 aromatic rings. The second kappa shape index (κ2) is 9.58. The predicted octanol–water partition coefficient (Wildman–Crippen LogP) is 2.70. The number of carbonyl (C=O) groups is 2. The third-order valence-electron chi connectivity index (χ3n) is 3.59. The molecule has 6 heteroatoms. The summed E-state index contributed by atoms with van der Waals surface area (Å²) in [6.07, 6.45) is 0. The zero-order valence-corrected chi connectivity index (χ0v) is 15.3. The number of benzene rings is 2. The van der Waals surface area contributed by atoms with Crippen molar-refractivity contribution in [3.05, 3.63) is 59.2 Å². The summed E-state index contributed by atoms with van der Waals surface area (Å²) >= 11 is 0. The lowest BCUT2D eigenvalue weighted by atomic mass is 10.1. The van der Waals surface area contributed by atoms with Crippen LogP contribution < -0.4 is 15.4 Å². The van der Waals surface area contributed by atoms with Crippen molar-refractivity contribution in [1.82, 2.24) is 5.32 Å². The zero-order chi connectivity index (χ0) is 18.9. The number of hydrogen-bond acceptors (Lipinski definition) is 4. The van der Waals surface area contributed by atoms with Crippen molar-refractivity contribution >= 4 is 17.5 Å². The lowest BCUT2D eigenvalue weighted by molar-refractivity contribution is -0.118. The van der Waals surface area contributed by atoms with Crippen molar-refractivity contribution in [3.63, 3.8) is 0 Å². The minimum absolute atomic E-state index is 0.0812. The van der Waals surface area contributed by atoms with Gasteiger partial charge in [-0.05, 0) is 61.4 Å². The maximum Gasteiger partial charge on any atom is 0.262 e. The van der Waals surface area contributed by atoms with Gasteiger partial charge in [0.05, 0.1) is 6.61 Å². The van der Waals surface area contributed by atoms with Gasteiger partial charge in [0.25, 0.3) is 11.8 Å². The molecule has 0 aromatic heterocycles. The van der Waals surface area contributed by atoms with Gasteiger partial charge < -0.3 is 20.1 Å². The zero-order valence-electron chi connectivity index (χ0n) is 15.3. The van der Waals surface area contributed by atoms with Crippen LogP contribution in [-0.4, -0.2) is 38.7 Å². The predicted molar refractivity (Wildman–Crippen MR) is 101 cm³/mol. The Morgan fingerprint density at radius 3 is 2.27 bits per heavy atom. The fourth-order valence-corrected chi connectivity index (χ4v) is 2.44. The smallest absolute Gasteiger partial charge is 0.262 e. The molecule has 6 nitrogen and oxygen atoms in total. The van der Waals surface area contributed by atoms with E-state index < -0.39 is 0 Å². The minimum Gasteiger partial charge on any atom is -0.484 e. The summed E-state index contributed by atoms with van der Waals surface area (Å²) in [6.45, 7) is 4.78. The van der Waals surface area contributed by atoms with Gasteiger partial charge in [0.15, 0.2) is 6.61 Å². The van der Waals surface area contributed by atoms with Crippen LogP contribution in [0, 0.1) is 13.8 Å². The molecular formula is C20H24N2O4. The molecule has 2 rings (SSSR count). The lowest BCUT2D eigenvalue weighted by Gasteiger charge is -2.10. The van der Waals surface area contributed by atoms with Crippen LogP contribution in [0.5, 0.6) is 5.75 Å². The Labute approximate surface area is 153 Å². The second-order valence-corrected chi connectivity index (χ2v) is 5.99. The molecule has 0 aliphatic rings. The summed E-state index contributed by atoms with van der Waals surface area (Å²) in [4.78, 5) is 23.9. The largest absolute Gasteiger partial charge is 0.484 e. The maximum absolute atomic E-state index is 12.0. The molecule has 0 fully saturated rings. The molecule has 0 aliphatic carbocycles. The van der Waals surface area contributed by atoms with Crippen LogP contribution in [0.25, 0.3) is 0 Å². The van der Waals surface area contributed by atoms with Crippen LogP contribution in [-0.2, 0) is 9.53 Å². The molecule has 2 N–H and O–H groups in total. The highest BCUT2D eigenvalue weighted by Gasteiger charge is 2.07. The van der Waals surface area contributed by atoms with E-state index in [-0.39, 0.29) is 18.4 Å². The Kier molecular flexibility index (Phi) is 7.17. The van der Waals surface area contributed by atoms with E-state index in [1.165, 1.54) is 0 Å². The summed E-state index contributed by atoms with van der Waals surface area (Å²) in [7, 11) is 1.58. The molecule has 26 heavy (non-hydrogen) atoms. The van der Waals surface area contributed by atoms with Gasteiger partial charge in [-0.25, -0.2) is 0 Å². The highest BCUT2D eigenvalue weighted by atomic mass is 16.5. The molecule has 2 aromatic carbocycles. The van der Waals surface area contributed by atoms with Gasteiger partial charge in [0.1, 0.15) is 5.75 Å². The summed E-state index contributed by atoms with van der Waals surface area (Å²) in [5.41, 5.74) is 3.29. The van der Waals surface area contributed by atoms with E-state index >= 15 is 0 Å². The van der Waals surface area contributed by atoms with Gasteiger partial charge >= 0.3 is 0 Å². The first-order valence-electron chi connectivity index (χ1n) is 8.36. The Hall–Kier alpha value is -2.86. The van der Waals surface area contributed by atoms with E-state index in [0.717, 1.165) is 11.1 Å². The number of ether oxygens (including phenoxy) is 2. The van der Waals surface area contributed by atoms with E-state index in [2.05, 4.69) is 10.6 Å². The first-order valence-corrected chi connectivity index (χ1v) is 8.36. The Morgan fingerprint density at radius 2 is 1.65 bits per heavy atom. The van der Waals surface area contributed by atoms with Gasteiger partial charge in [-0.1, -0.05) is 6.07 Å². The first kappa shape index (κ1) is 19.5. The van der Waals surface area contributed by atoms with Crippen molar-refractivity contribution in [2.75, 3.05) is 32.2 Å². The average Bonchev–Trinajstić information content (AvgIpc) is 2.60. The molecule has 0 spiro atoms. The van der Waals surface area contributed by atoms with Crippen LogP contribution in [0.1, 0.15) is 21.5 Å². The van der Waals surface area contributed by atoms with E-state index in [4.69, 9.17) is 9.47 Å². The Balaban J connectivity index is 1.84. The molecule has 0 heterocycles. The van der Waals surface area contributed by atoms with Crippen molar-refractivity contribution in [2.24, 2.45) is 0 Å². The van der Waals surface area contributed by atoms with Gasteiger partial charge in [-0.2, -0.15) is 0 Å². The third-order valence-corrected chi connectivity index (χ3v) is 3.59. The fraction of sp³-hybridized carbons (Fsp3) is 0.300. The topological polar surface area (TPSA) is 76.7 Å². The SMILES string of the molecule is COCCNC(=O)c1ccc(NC(=O)COc2cc(C)cc(C)c2)cc1. The molecule has 0 bridgehead atoms. The summed E-state index contributed by atoms with van der Waals surface area (Å²) < 4.78 is 10.4. The Bertz CT molecular complexity index is 737.